The van der Waals surface area contributed by atoms with Gasteiger partial charge in [-0.15, -0.1) is 11.3 Å². The molecule has 2 rings (SSSR count). The number of Topliss-reactive ketones (excluding diaryl/α,β-unsaturated/α-hetero) is 1. The van der Waals surface area contributed by atoms with Crippen molar-refractivity contribution in [3.05, 3.63) is 21.3 Å². The molecule has 1 fully saturated rings. The Kier molecular flexibility index (Phi) is 5.61. The lowest BCUT2D eigenvalue weighted by Crippen LogP contribution is -2.53. The zero-order valence-electron chi connectivity index (χ0n) is 12.4. The summed E-state index contributed by atoms with van der Waals surface area (Å²) in [5.74, 6) is 0.193. The molecule has 5 heteroatoms. The molecular formula is C15H23ClN2OS. The van der Waals surface area contributed by atoms with Crippen LogP contribution in [0, 0.1) is 0 Å². The fourth-order valence-electron chi connectivity index (χ4n) is 2.64. The van der Waals surface area contributed by atoms with E-state index in [1.54, 1.807) is 6.07 Å². The Hall–Kier alpha value is -0.420. The highest BCUT2D eigenvalue weighted by atomic mass is 35.5. The number of hydrogen-bond acceptors (Lipinski definition) is 4. The third-order valence-corrected chi connectivity index (χ3v) is 5.55. The first kappa shape index (κ1) is 16.0. The molecule has 2 atom stereocenters. The van der Waals surface area contributed by atoms with Gasteiger partial charge in [-0.25, -0.2) is 0 Å². The number of ketones is 1. The number of rotatable bonds is 5. The summed E-state index contributed by atoms with van der Waals surface area (Å²) < 4.78 is 0.683. The van der Waals surface area contributed by atoms with Crippen LogP contribution in [0.4, 0.5) is 0 Å². The Morgan fingerprint density at radius 2 is 1.85 bits per heavy atom. The van der Waals surface area contributed by atoms with Gasteiger partial charge in [0.1, 0.15) is 0 Å². The molecule has 0 spiro atoms. The summed E-state index contributed by atoms with van der Waals surface area (Å²) >= 11 is 7.29. The van der Waals surface area contributed by atoms with Crippen LogP contribution in [0.25, 0.3) is 0 Å². The molecule has 3 nitrogen and oxygen atoms in total. The summed E-state index contributed by atoms with van der Waals surface area (Å²) in [5.41, 5.74) is 0. The fraction of sp³-hybridized carbons (Fsp3) is 0.667. The van der Waals surface area contributed by atoms with Gasteiger partial charge in [-0.1, -0.05) is 18.5 Å². The van der Waals surface area contributed by atoms with E-state index in [1.165, 1.54) is 17.8 Å². The van der Waals surface area contributed by atoms with Gasteiger partial charge in [0.05, 0.1) is 15.3 Å². The predicted molar refractivity (Wildman–Crippen MR) is 86.0 cm³/mol. The molecule has 0 amide bonds. The molecule has 0 aromatic carbocycles. The van der Waals surface area contributed by atoms with E-state index in [4.69, 9.17) is 11.6 Å². The average molecular weight is 315 g/mol. The molecule has 0 aliphatic carbocycles. The van der Waals surface area contributed by atoms with E-state index in [0.29, 0.717) is 10.4 Å². The van der Waals surface area contributed by atoms with Crippen molar-refractivity contribution in [3.8, 4) is 0 Å². The van der Waals surface area contributed by atoms with E-state index >= 15 is 0 Å². The van der Waals surface area contributed by atoms with Gasteiger partial charge < -0.3 is 0 Å². The molecule has 20 heavy (non-hydrogen) atoms. The Labute approximate surface area is 130 Å². The minimum atomic E-state index is -0.0520. The van der Waals surface area contributed by atoms with E-state index in [9.17, 15) is 4.79 Å². The number of halogens is 1. The SMILES string of the molecule is CCC(C)N1CCN(C(C)C(=O)c2ccc(Cl)s2)CC1. The summed E-state index contributed by atoms with van der Waals surface area (Å²) in [5, 5.41) is 0. The third kappa shape index (κ3) is 3.61. The third-order valence-electron chi connectivity index (χ3n) is 4.31. The second kappa shape index (κ2) is 7.03. The molecule has 0 saturated carbocycles. The molecule has 1 saturated heterocycles. The average Bonchev–Trinajstić information content (AvgIpc) is 2.91. The van der Waals surface area contributed by atoms with Gasteiger partial charge in [-0.3, -0.25) is 14.6 Å². The molecule has 2 heterocycles. The molecule has 0 N–H and O–H groups in total. The van der Waals surface area contributed by atoms with E-state index in [-0.39, 0.29) is 11.8 Å². The van der Waals surface area contributed by atoms with E-state index in [1.807, 2.05) is 13.0 Å². The predicted octanol–water partition coefficient (Wildman–Crippen LogP) is 3.39. The van der Waals surface area contributed by atoms with Crippen molar-refractivity contribution in [2.24, 2.45) is 0 Å². The van der Waals surface area contributed by atoms with Gasteiger partial charge in [0.15, 0.2) is 5.78 Å². The molecule has 1 aliphatic rings. The van der Waals surface area contributed by atoms with E-state index < -0.39 is 0 Å². The molecular weight excluding hydrogens is 292 g/mol. The first-order valence-corrected chi connectivity index (χ1v) is 8.50. The number of thiophene rings is 1. The Morgan fingerprint density at radius 1 is 1.25 bits per heavy atom. The second-order valence-electron chi connectivity index (χ2n) is 5.47. The molecule has 112 valence electrons. The Balaban J connectivity index is 1.91. The van der Waals surface area contributed by atoms with Crippen molar-refractivity contribution in [2.45, 2.75) is 39.3 Å². The standard InChI is InChI=1S/C15H23ClN2OS/c1-4-11(2)17-7-9-18(10-8-17)12(3)15(19)13-5-6-14(16)20-13/h5-6,11-12H,4,7-10H2,1-3H3. The highest BCUT2D eigenvalue weighted by Gasteiger charge is 2.28. The van der Waals surface area contributed by atoms with Crippen LogP contribution in [0.2, 0.25) is 4.34 Å². The monoisotopic (exact) mass is 314 g/mol. The summed E-state index contributed by atoms with van der Waals surface area (Å²) in [6, 6.07) is 4.22. The van der Waals surface area contributed by atoms with Crippen LogP contribution in [0.3, 0.4) is 0 Å². The van der Waals surface area contributed by atoms with Crippen LogP contribution in [0.1, 0.15) is 36.9 Å². The van der Waals surface area contributed by atoms with Gasteiger partial charge in [-0.05, 0) is 32.4 Å². The number of hydrogen-bond donors (Lipinski definition) is 0. The largest absolute Gasteiger partial charge is 0.298 e. The first-order chi connectivity index (χ1) is 9.52. The minimum absolute atomic E-state index is 0.0520. The fourth-order valence-corrected chi connectivity index (χ4v) is 3.71. The minimum Gasteiger partial charge on any atom is -0.298 e. The molecule has 0 radical (unpaired) electrons. The lowest BCUT2D eigenvalue weighted by Gasteiger charge is -2.39. The first-order valence-electron chi connectivity index (χ1n) is 7.30. The van der Waals surface area contributed by atoms with Crippen LogP contribution in [-0.4, -0.2) is 53.8 Å². The molecule has 1 aromatic rings. The maximum atomic E-state index is 12.4. The van der Waals surface area contributed by atoms with Gasteiger partial charge in [-0.2, -0.15) is 0 Å². The molecule has 2 unspecified atom stereocenters. The zero-order valence-corrected chi connectivity index (χ0v) is 14.0. The number of nitrogens with zero attached hydrogens (tertiary/aromatic N) is 2. The van der Waals surface area contributed by atoms with Gasteiger partial charge in [0.2, 0.25) is 0 Å². The summed E-state index contributed by atoms with van der Waals surface area (Å²) in [6.45, 7) is 10.6. The van der Waals surface area contributed by atoms with Crippen molar-refractivity contribution in [3.63, 3.8) is 0 Å². The van der Waals surface area contributed by atoms with Crippen LogP contribution < -0.4 is 0 Å². The molecule has 1 aromatic heterocycles. The highest BCUT2D eigenvalue weighted by Crippen LogP contribution is 2.24. The second-order valence-corrected chi connectivity index (χ2v) is 7.19. The Morgan fingerprint density at radius 3 is 2.35 bits per heavy atom. The maximum Gasteiger partial charge on any atom is 0.189 e. The molecule has 1 aliphatic heterocycles. The topological polar surface area (TPSA) is 23.6 Å². The van der Waals surface area contributed by atoms with Crippen LogP contribution >= 0.6 is 22.9 Å². The molecule has 0 bridgehead atoms. The van der Waals surface area contributed by atoms with Crippen molar-refractivity contribution in [1.82, 2.24) is 9.80 Å². The highest BCUT2D eigenvalue weighted by molar-refractivity contribution is 7.18. The maximum absolute atomic E-state index is 12.4. The number of carbonyl (C=O) groups is 1. The van der Waals surface area contributed by atoms with Crippen molar-refractivity contribution in [2.75, 3.05) is 26.2 Å². The summed E-state index contributed by atoms with van der Waals surface area (Å²) in [7, 11) is 0. The van der Waals surface area contributed by atoms with Gasteiger partial charge in [0, 0.05) is 32.2 Å². The van der Waals surface area contributed by atoms with Gasteiger partial charge in [0.25, 0.3) is 0 Å². The summed E-state index contributed by atoms with van der Waals surface area (Å²) in [6.07, 6.45) is 1.18. The lowest BCUT2D eigenvalue weighted by atomic mass is 10.1. The smallest absolute Gasteiger partial charge is 0.189 e. The normalized spacial score (nSPS) is 20.8. The van der Waals surface area contributed by atoms with Gasteiger partial charge >= 0.3 is 0 Å². The van der Waals surface area contributed by atoms with Crippen LogP contribution in [-0.2, 0) is 0 Å². The van der Waals surface area contributed by atoms with Crippen molar-refractivity contribution in [1.29, 1.82) is 0 Å². The quantitative estimate of drug-likeness (QED) is 0.778. The summed E-state index contributed by atoms with van der Waals surface area (Å²) in [4.78, 5) is 18.0. The van der Waals surface area contributed by atoms with Crippen LogP contribution in [0.5, 0.6) is 0 Å². The number of carbonyl (C=O) groups excluding carboxylic acids is 1. The number of piperazine rings is 1. The van der Waals surface area contributed by atoms with E-state index in [2.05, 4.69) is 23.6 Å². The van der Waals surface area contributed by atoms with Crippen molar-refractivity contribution >= 4 is 28.7 Å². The lowest BCUT2D eigenvalue weighted by molar-refractivity contribution is 0.0616. The van der Waals surface area contributed by atoms with E-state index in [0.717, 1.165) is 31.1 Å². The Bertz CT molecular complexity index is 454. The van der Waals surface area contributed by atoms with Crippen molar-refractivity contribution < 1.29 is 4.79 Å². The van der Waals surface area contributed by atoms with Crippen LogP contribution in [0.15, 0.2) is 12.1 Å². The zero-order chi connectivity index (χ0) is 14.7.